The first-order valence-corrected chi connectivity index (χ1v) is 8.44. The van der Waals surface area contributed by atoms with Gasteiger partial charge in [-0.1, -0.05) is 12.1 Å². The third kappa shape index (κ3) is 6.94. The summed E-state index contributed by atoms with van der Waals surface area (Å²) in [6.45, 7) is 0.387. The van der Waals surface area contributed by atoms with E-state index in [1.807, 2.05) is 0 Å². The van der Waals surface area contributed by atoms with Crippen LogP contribution in [0.4, 0.5) is 16.2 Å². The maximum Gasteiger partial charge on any atom is 0.411 e. The van der Waals surface area contributed by atoms with Gasteiger partial charge in [-0.15, -0.1) is 0 Å². The van der Waals surface area contributed by atoms with Gasteiger partial charge in [0.15, 0.2) is 0 Å². The van der Waals surface area contributed by atoms with E-state index in [0.29, 0.717) is 24.5 Å². The first-order valence-electron chi connectivity index (χ1n) is 8.44. The van der Waals surface area contributed by atoms with Gasteiger partial charge in [-0.05, 0) is 36.2 Å². The van der Waals surface area contributed by atoms with Gasteiger partial charge in [0.25, 0.3) is 5.69 Å². The van der Waals surface area contributed by atoms with Gasteiger partial charge >= 0.3 is 12.1 Å². The van der Waals surface area contributed by atoms with Crippen molar-refractivity contribution in [3.05, 3.63) is 64.2 Å². The fourth-order valence-electron chi connectivity index (χ4n) is 2.20. The molecule has 0 aromatic heterocycles. The van der Waals surface area contributed by atoms with Gasteiger partial charge in [0.05, 0.1) is 18.6 Å². The number of amides is 1. The SMILES string of the molecule is COC(=O)CCCOc1cccc(COC(=O)Nc2ccc([N+](=O)[O-])cc2)c1. The van der Waals surface area contributed by atoms with Gasteiger partial charge < -0.3 is 14.2 Å². The quantitative estimate of drug-likeness (QED) is 0.301. The number of methoxy groups -OCH3 is 1. The summed E-state index contributed by atoms with van der Waals surface area (Å²) in [6, 6.07) is 12.5. The molecule has 0 aliphatic heterocycles. The molecule has 0 aliphatic carbocycles. The number of benzene rings is 2. The highest BCUT2D eigenvalue weighted by Gasteiger charge is 2.08. The number of anilines is 1. The number of nitro benzene ring substituents is 1. The molecule has 0 spiro atoms. The van der Waals surface area contributed by atoms with Gasteiger partial charge in [0, 0.05) is 24.2 Å². The second-order valence-corrected chi connectivity index (χ2v) is 5.68. The van der Waals surface area contributed by atoms with Crippen molar-refractivity contribution in [1.29, 1.82) is 0 Å². The zero-order valence-corrected chi connectivity index (χ0v) is 15.3. The third-order valence-electron chi connectivity index (χ3n) is 3.61. The van der Waals surface area contributed by atoms with E-state index in [-0.39, 0.29) is 24.7 Å². The van der Waals surface area contributed by atoms with Crippen LogP contribution < -0.4 is 10.1 Å². The van der Waals surface area contributed by atoms with Crippen molar-refractivity contribution in [2.75, 3.05) is 19.0 Å². The Kier molecular flexibility index (Phi) is 7.77. The fraction of sp³-hybridized carbons (Fsp3) is 0.263. The minimum Gasteiger partial charge on any atom is -0.494 e. The molecule has 2 aromatic carbocycles. The second-order valence-electron chi connectivity index (χ2n) is 5.68. The molecule has 0 fully saturated rings. The molecule has 0 bridgehead atoms. The lowest BCUT2D eigenvalue weighted by Gasteiger charge is -2.09. The standard InChI is InChI=1S/C19H20N2O7/c1-26-18(22)6-3-11-27-17-5-2-4-14(12-17)13-28-19(23)20-15-7-9-16(10-8-15)21(24)25/h2,4-5,7-10,12H,3,6,11,13H2,1H3,(H,20,23). The Bertz CT molecular complexity index is 821. The van der Waals surface area contributed by atoms with Crippen LogP contribution in [0.1, 0.15) is 18.4 Å². The Morgan fingerprint density at radius 2 is 1.89 bits per heavy atom. The molecule has 0 atom stereocenters. The van der Waals surface area contributed by atoms with Crippen LogP contribution in [0.2, 0.25) is 0 Å². The van der Waals surface area contributed by atoms with Crippen molar-refractivity contribution in [3.63, 3.8) is 0 Å². The summed E-state index contributed by atoms with van der Waals surface area (Å²) in [7, 11) is 1.34. The molecule has 9 nitrogen and oxygen atoms in total. The summed E-state index contributed by atoms with van der Waals surface area (Å²) in [5, 5.41) is 13.1. The lowest BCUT2D eigenvalue weighted by molar-refractivity contribution is -0.384. The lowest BCUT2D eigenvalue weighted by atomic mass is 10.2. The van der Waals surface area contributed by atoms with Crippen LogP contribution in [0.3, 0.4) is 0 Å². The summed E-state index contributed by atoms with van der Waals surface area (Å²) >= 11 is 0. The van der Waals surface area contributed by atoms with E-state index >= 15 is 0 Å². The van der Waals surface area contributed by atoms with Crippen molar-refractivity contribution in [2.45, 2.75) is 19.4 Å². The molecule has 0 saturated carbocycles. The predicted octanol–water partition coefficient (Wildman–Crippen LogP) is 3.68. The molecule has 28 heavy (non-hydrogen) atoms. The number of nitro groups is 1. The van der Waals surface area contributed by atoms with Crippen molar-refractivity contribution < 1.29 is 28.7 Å². The Hall–Kier alpha value is -3.62. The molecule has 0 aliphatic rings. The normalized spacial score (nSPS) is 10.0. The summed E-state index contributed by atoms with van der Waals surface area (Å²) in [5.74, 6) is 0.312. The fourth-order valence-corrected chi connectivity index (χ4v) is 2.20. The molecular weight excluding hydrogens is 368 g/mol. The maximum atomic E-state index is 11.9. The molecular formula is C19H20N2O7. The third-order valence-corrected chi connectivity index (χ3v) is 3.61. The molecule has 1 N–H and O–H groups in total. The number of rotatable bonds is 9. The average molecular weight is 388 g/mol. The molecule has 0 heterocycles. The summed E-state index contributed by atoms with van der Waals surface area (Å²) in [4.78, 5) is 33.0. The summed E-state index contributed by atoms with van der Waals surface area (Å²) in [6.07, 6.45) is 0.130. The topological polar surface area (TPSA) is 117 Å². The Balaban J connectivity index is 1.77. The molecule has 0 saturated heterocycles. The van der Waals surface area contributed by atoms with E-state index in [4.69, 9.17) is 9.47 Å². The minimum absolute atomic E-state index is 0.0260. The van der Waals surface area contributed by atoms with Crippen molar-refractivity contribution in [1.82, 2.24) is 0 Å². The average Bonchev–Trinajstić information content (AvgIpc) is 2.70. The predicted molar refractivity (Wildman–Crippen MR) is 100 cm³/mol. The summed E-state index contributed by atoms with van der Waals surface area (Å²) in [5.41, 5.74) is 1.05. The highest BCUT2D eigenvalue weighted by molar-refractivity contribution is 5.84. The van der Waals surface area contributed by atoms with Crippen molar-refractivity contribution in [3.8, 4) is 5.75 Å². The Morgan fingerprint density at radius 1 is 1.14 bits per heavy atom. The van der Waals surface area contributed by atoms with E-state index in [1.54, 1.807) is 24.3 Å². The molecule has 9 heteroatoms. The van der Waals surface area contributed by atoms with E-state index in [0.717, 1.165) is 5.56 Å². The van der Waals surface area contributed by atoms with Crippen LogP contribution >= 0.6 is 0 Å². The zero-order chi connectivity index (χ0) is 20.4. The molecule has 0 unspecified atom stereocenters. The smallest absolute Gasteiger partial charge is 0.411 e. The van der Waals surface area contributed by atoms with E-state index in [2.05, 4.69) is 10.1 Å². The number of carbonyl (C=O) groups excluding carboxylic acids is 2. The Labute approximate surface area is 161 Å². The maximum absolute atomic E-state index is 11.9. The summed E-state index contributed by atoms with van der Waals surface area (Å²) < 4.78 is 15.2. The van der Waals surface area contributed by atoms with E-state index in [1.165, 1.54) is 31.4 Å². The lowest BCUT2D eigenvalue weighted by Crippen LogP contribution is -2.13. The first-order chi connectivity index (χ1) is 13.5. The molecule has 2 aromatic rings. The first kappa shape index (κ1) is 20.7. The van der Waals surface area contributed by atoms with Gasteiger partial charge in [-0.2, -0.15) is 0 Å². The number of carbonyl (C=O) groups is 2. The van der Waals surface area contributed by atoms with Gasteiger partial charge in [0.1, 0.15) is 12.4 Å². The van der Waals surface area contributed by atoms with Gasteiger partial charge in [0.2, 0.25) is 0 Å². The van der Waals surface area contributed by atoms with Gasteiger partial charge in [-0.25, -0.2) is 4.79 Å². The highest BCUT2D eigenvalue weighted by atomic mass is 16.6. The monoisotopic (exact) mass is 388 g/mol. The van der Waals surface area contributed by atoms with Crippen LogP contribution in [0.25, 0.3) is 0 Å². The number of hydrogen-bond acceptors (Lipinski definition) is 7. The van der Waals surface area contributed by atoms with Crippen LogP contribution in [-0.2, 0) is 20.9 Å². The second kappa shape index (κ2) is 10.5. The van der Waals surface area contributed by atoms with Crippen LogP contribution in [0, 0.1) is 10.1 Å². The number of esters is 1. The highest BCUT2D eigenvalue weighted by Crippen LogP contribution is 2.17. The zero-order valence-electron chi connectivity index (χ0n) is 15.3. The number of hydrogen-bond donors (Lipinski definition) is 1. The van der Waals surface area contributed by atoms with Crippen LogP contribution in [0.15, 0.2) is 48.5 Å². The van der Waals surface area contributed by atoms with Crippen molar-refractivity contribution >= 4 is 23.4 Å². The van der Waals surface area contributed by atoms with Crippen molar-refractivity contribution in [2.24, 2.45) is 0 Å². The molecule has 0 radical (unpaired) electrons. The van der Waals surface area contributed by atoms with Gasteiger partial charge in [-0.3, -0.25) is 20.2 Å². The number of ether oxygens (including phenoxy) is 3. The number of non-ortho nitro benzene ring substituents is 1. The number of nitrogens with zero attached hydrogens (tertiary/aromatic N) is 1. The molecule has 148 valence electrons. The molecule has 2 rings (SSSR count). The minimum atomic E-state index is -0.682. The van der Waals surface area contributed by atoms with Crippen LogP contribution in [0.5, 0.6) is 5.75 Å². The number of nitrogens with one attached hydrogen (secondary N) is 1. The van der Waals surface area contributed by atoms with E-state index < -0.39 is 11.0 Å². The largest absolute Gasteiger partial charge is 0.494 e. The van der Waals surface area contributed by atoms with E-state index in [9.17, 15) is 19.7 Å². The van der Waals surface area contributed by atoms with Crippen LogP contribution in [-0.4, -0.2) is 30.7 Å². The Morgan fingerprint density at radius 3 is 2.57 bits per heavy atom. The molecule has 1 amide bonds.